The van der Waals surface area contributed by atoms with Crippen molar-refractivity contribution in [2.24, 2.45) is 0 Å². The Hall–Kier alpha value is -0.540. The molecule has 66 valence electrons. The van der Waals surface area contributed by atoms with Gasteiger partial charge in [-0.1, -0.05) is 18.5 Å². The van der Waals surface area contributed by atoms with Crippen molar-refractivity contribution in [1.29, 1.82) is 0 Å². The SMILES string of the molecule is CCCC(=O)Nc1csc(Cl)c1. The summed E-state index contributed by atoms with van der Waals surface area (Å²) in [5, 5.41) is 4.58. The fourth-order valence-electron chi connectivity index (χ4n) is 0.826. The summed E-state index contributed by atoms with van der Waals surface area (Å²) in [7, 11) is 0. The predicted octanol–water partition coefficient (Wildman–Crippen LogP) is 3.14. The van der Waals surface area contributed by atoms with Gasteiger partial charge in [0.15, 0.2) is 0 Å². The maximum absolute atomic E-state index is 11.1. The molecule has 1 amide bonds. The molecule has 0 bridgehead atoms. The van der Waals surface area contributed by atoms with Gasteiger partial charge in [-0.2, -0.15) is 0 Å². The predicted molar refractivity (Wildman–Crippen MR) is 52.9 cm³/mol. The standard InChI is InChI=1S/C8H10ClNOS/c1-2-3-8(11)10-6-4-7(9)12-5-6/h4-5H,2-3H2,1H3,(H,10,11). The van der Waals surface area contributed by atoms with Gasteiger partial charge in [-0.25, -0.2) is 0 Å². The molecule has 0 unspecified atom stereocenters. The van der Waals surface area contributed by atoms with Gasteiger partial charge in [0.05, 0.1) is 10.0 Å². The van der Waals surface area contributed by atoms with E-state index in [1.54, 1.807) is 6.07 Å². The van der Waals surface area contributed by atoms with Crippen molar-refractivity contribution < 1.29 is 4.79 Å². The Morgan fingerprint density at radius 2 is 2.50 bits per heavy atom. The average Bonchev–Trinajstić information content (AvgIpc) is 2.36. The number of hydrogen-bond donors (Lipinski definition) is 1. The monoisotopic (exact) mass is 203 g/mol. The molecule has 2 nitrogen and oxygen atoms in total. The number of anilines is 1. The topological polar surface area (TPSA) is 29.1 Å². The molecule has 0 saturated carbocycles. The molecule has 12 heavy (non-hydrogen) atoms. The van der Waals surface area contributed by atoms with E-state index in [9.17, 15) is 4.79 Å². The van der Waals surface area contributed by atoms with Gasteiger partial charge in [0.1, 0.15) is 0 Å². The van der Waals surface area contributed by atoms with Gasteiger partial charge < -0.3 is 5.32 Å². The highest BCUT2D eigenvalue weighted by Gasteiger charge is 2.01. The van der Waals surface area contributed by atoms with Crippen LogP contribution in [0.4, 0.5) is 5.69 Å². The fraction of sp³-hybridized carbons (Fsp3) is 0.375. The zero-order valence-electron chi connectivity index (χ0n) is 6.76. The van der Waals surface area contributed by atoms with Crippen LogP contribution in [0.5, 0.6) is 0 Å². The molecule has 0 fully saturated rings. The lowest BCUT2D eigenvalue weighted by atomic mass is 10.3. The minimum absolute atomic E-state index is 0.0481. The maximum Gasteiger partial charge on any atom is 0.224 e. The van der Waals surface area contributed by atoms with Crippen LogP contribution in [0.15, 0.2) is 11.4 Å². The van der Waals surface area contributed by atoms with Gasteiger partial charge in [0.25, 0.3) is 0 Å². The van der Waals surface area contributed by atoms with E-state index in [0.717, 1.165) is 12.1 Å². The number of nitrogens with one attached hydrogen (secondary N) is 1. The van der Waals surface area contributed by atoms with Crippen LogP contribution in [0.3, 0.4) is 0 Å². The molecule has 1 heterocycles. The Morgan fingerprint density at radius 3 is 3.00 bits per heavy atom. The molecule has 1 aromatic rings. The van der Waals surface area contributed by atoms with Crippen LogP contribution in [-0.4, -0.2) is 5.91 Å². The Labute approximate surface area is 80.5 Å². The van der Waals surface area contributed by atoms with E-state index < -0.39 is 0 Å². The number of carbonyl (C=O) groups excluding carboxylic acids is 1. The number of rotatable bonds is 3. The first-order chi connectivity index (χ1) is 5.72. The van der Waals surface area contributed by atoms with Crippen LogP contribution in [0, 0.1) is 0 Å². The molecule has 0 aliphatic rings. The molecule has 0 saturated heterocycles. The summed E-state index contributed by atoms with van der Waals surface area (Å²) in [6, 6.07) is 1.75. The smallest absolute Gasteiger partial charge is 0.224 e. The molecule has 1 aromatic heterocycles. The van der Waals surface area contributed by atoms with Crippen molar-refractivity contribution in [3.8, 4) is 0 Å². The first-order valence-electron chi connectivity index (χ1n) is 3.76. The van der Waals surface area contributed by atoms with Gasteiger partial charge in [0, 0.05) is 11.8 Å². The summed E-state index contributed by atoms with van der Waals surface area (Å²) in [6.07, 6.45) is 1.43. The third-order valence-corrected chi connectivity index (χ3v) is 2.42. The number of hydrogen-bond acceptors (Lipinski definition) is 2. The quantitative estimate of drug-likeness (QED) is 0.804. The van der Waals surface area contributed by atoms with Crippen molar-refractivity contribution in [1.82, 2.24) is 0 Å². The summed E-state index contributed by atoms with van der Waals surface area (Å²) < 4.78 is 0.696. The Balaban J connectivity index is 2.46. The summed E-state index contributed by atoms with van der Waals surface area (Å²) >= 11 is 7.10. The van der Waals surface area contributed by atoms with Crippen molar-refractivity contribution in [2.75, 3.05) is 5.32 Å². The lowest BCUT2D eigenvalue weighted by molar-refractivity contribution is -0.116. The Bertz CT molecular complexity index is 272. The van der Waals surface area contributed by atoms with Crippen molar-refractivity contribution in [3.63, 3.8) is 0 Å². The second-order valence-corrected chi connectivity index (χ2v) is 3.98. The van der Waals surface area contributed by atoms with Gasteiger partial charge >= 0.3 is 0 Å². The zero-order valence-corrected chi connectivity index (χ0v) is 8.34. The lowest BCUT2D eigenvalue weighted by Gasteiger charge is -1.98. The average molecular weight is 204 g/mol. The maximum atomic E-state index is 11.1. The number of amides is 1. The van der Waals surface area contributed by atoms with Crippen LogP contribution in [-0.2, 0) is 4.79 Å². The Kier molecular flexibility index (Phi) is 3.56. The molecular formula is C8H10ClNOS. The molecule has 0 atom stereocenters. The molecule has 0 aromatic carbocycles. The summed E-state index contributed by atoms with van der Waals surface area (Å²) in [5.74, 6) is 0.0481. The normalized spacial score (nSPS) is 9.83. The molecule has 0 aliphatic heterocycles. The van der Waals surface area contributed by atoms with Crippen LogP contribution in [0.1, 0.15) is 19.8 Å². The fourth-order valence-corrected chi connectivity index (χ4v) is 1.64. The van der Waals surface area contributed by atoms with Gasteiger partial charge in [-0.15, -0.1) is 11.3 Å². The van der Waals surface area contributed by atoms with Crippen LogP contribution in [0.25, 0.3) is 0 Å². The molecule has 4 heteroatoms. The van der Waals surface area contributed by atoms with E-state index in [1.165, 1.54) is 11.3 Å². The molecule has 0 aliphatic carbocycles. The minimum atomic E-state index is 0.0481. The third-order valence-electron chi connectivity index (χ3n) is 1.33. The summed E-state index contributed by atoms with van der Waals surface area (Å²) in [6.45, 7) is 1.97. The van der Waals surface area contributed by atoms with E-state index in [4.69, 9.17) is 11.6 Å². The summed E-state index contributed by atoms with van der Waals surface area (Å²) in [5.41, 5.74) is 0.795. The van der Waals surface area contributed by atoms with Crippen molar-refractivity contribution in [3.05, 3.63) is 15.8 Å². The number of halogens is 1. The van der Waals surface area contributed by atoms with E-state index in [1.807, 2.05) is 12.3 Å². The highest BCUT2D eigenvalue weighted by atomic mass is 35.5. The van der Waals surface area contributed by atoms with Crippen molar-refractivity contribution >= 4 is 34.5 Å². The highest BCUT2D eigenvalue weighted by molar-refractivity contribution is 7.14. The van der Waals surface area contributed by atoms with Crippen LogP contribution < -0.4 is 5.32 Å². The highest BCUT2D eigenvalue weighted by Crippen LogP contribution is 2.23. The molecule has 1 rings (SSSR count). The first-order valence-corrected chi connectivity index (χ1v) is 5.02. The molecule has 0 radical (unpaired) electrons. The number of carbonyl (C=O) groups is 1. The second-order valence-electron chi connectivity index (χ2n) is 2.44. The van der Waals surface area contributed by atoms with Gasteiger partial charge in [-0.05, 0) is 12.5 Å². The van der Waals surface area contributed by atoms with Gasteiger partial charge in [0.2, 0.25) is 5.91 Å². The second kappa shape index (κ2) is 4.48. The third kappa shape index (κ3) is 2.83. The Morgan fingerprint density at radius 1 is 1.75 bits per heavy atom. The van der Waals surface area contributed by atoms with E-state index in [-0.39, 0.29) is 5.91 Å². The van der Waals surface area contributed by atoms with Crippen LogP contribution >= 0.6 is 22.9 Å². The van der Waals surface area contributed by atoms with Crippen LogP contribution in [0.2, 0.25) is 4.34 Å². The van der Waals surface area contributed by atoms with E-state index in [0.29, 0.717) is 10.8 Å². The largest absolute Gasteiger partial charge is 0.325 e. The van der Waals surface area contributed by atoms with Crippen molar-refractivity contribution in [2.45, 2.75) is 19.8 Å². The first kappa shape index (κ1) is 9.55. The zero-order chi connectivity index (χ0) is 8.97. The summed E-state index contributed by atoms with van der Waals surface area (Å²) in [4.78, 5) is 11.1. The van der Waals surface area contributed by atoms with Gasteiger partial charge in [-0.3, -0.25) is 4.79 Å². The molecular weight excluding hydrogens is 194 g/mol. The number of thiophene rings is 1. The van der Waals surface area contributed by atoms with E-state index in [2.05, 4.69) is 5.32 Å². The molecule has 0 spiro atoms. The van der Waals surface area contributed by atoms with E-state index >= 15 is 0 Å². The molecule has 1 N–H and O–H groups in total. The minimum Gasteiger partial charge on any atom is -0.325 e. The lowest BCUT2D eigenvalue weighted by Crippen LogP contribution is -2.09.